The highest BCUT2D eigenvalue weighted by molar-refractivity contribution is 6.35. The van der Waals surface area contributed by atoms with Gasteiger partial charge in [0, 0.05) is 49.8 Å². The number of pyridine rings is 1. The van der Waals surface area contributed by atoms with Crippen LogP contribution >= 0.6 is 11.6 Å². The SMILES string of the molecule is CC(=O)OC[C@@H](C)n1ccc2c(C(=O)N(C)C3CCC(F)(F)CC3)c(Cl)ccc2c1=O. The number of carbonyl (C=O) groups excluding carboxylic acids is 2. The van der Waals surface area contributed by atoms with Crippen LogP contribution in [0.4, 0.5) is 8.78 Å². The minimum absolute atomic E-state index is 0.0369. The van der Waals surface area contributed by atoms with Crippen LogP contribution in [-0.2, 0) is 9.53 Å². The third-order valence-electron chi connectivity index (χ3n) is 5.83. The summed E-state index contributed by atoms with van der Waals surface area (Å²) in [5.41, 5.74) is -0.168. The summed E-state index contributed by atoms with van der Waals surface area (Å²) in [6, 6.07) is 3.95. The molecule has 1 aliphatic carbocycles. The fourth-order valence-corrected chi connectivity index (χ4v) is 4.20. The molecule has 168 valence electrons. The number of fused-ring (bicyclic) bond motifs is 1. The molecule has 3 rings (SSSR count). The predicted molar refractivity (Wildman–Crippen MR) is 114 cm³/mol. The predicted octanol–water partition coefficient (Wildman–Crippen LogP) is 4.43. The highest BCUT2D eigenvalue weighted by atomic mass is 35.5. The van der Waals surface area contributed by atoms with Crippen molar-refractivity contribution in [2.45, 2.75) is 57.5 Å². The molecule has 0 saturated heterocycles. The summed E-state index contributed by atoms with van der Waals surface area (Å²) >= 11 is 6.33. The van der Waals surface area contributed by atoms with E-state index < -0.39 is 23.8 Å². The lowest BCUT2D eigenvalue weighted by molar-refractivity contribution is -0.141. The van der Waals surface area contributed by atoms with Crippen molar-refractivity contribution in [3.8, 4) is 0 Å². The summed E-state index contributed by atoms with van der Waals surface area (Å²) in [5.74, 6) is -3.54. The van der Waals surface area contributed by atoms with E-state index in [2.05, 4.69) is 0 Å². The molecule has 1 aromatic carbocycles. The highest BCUT2D eigenvalue weighted by Crippen LogP contribution is 2.36. The number of esters is 1. The molecule has 1 aliphatic rings. The minimum atomic E-state index is -2.69. The van der Waals surface area contributed by atoms with Crippen molar-refractivity contribution in [1.82, 2.24) is 9.47 Å². The lowest BCUT2D eigenvalue weighted by atomic mass is 9.91. The Balaban J connectivity index is 1.94. The largest absolute Gasteiger partial charge is 0.464 e. The van der Waals surface area contributed by atoms with Gasteiger partial charge in [0.15, 0.2) is 0 Å². The van der Waals surface area contributed by atoms with Gasteiger partial charge in [0.05, 0.1) is 16.6 Å². The molecule has 0 aliphatic heterocycles. The lowest BCUT2D eigenvalue weighted by Gasteiger charge is -2.34. The smallest absolute Gasteiger partial charge is 0.302 e. The standard InChI is InChI=1S/C22H25ClF2N2O4/c1-13(12-31-14(2)28)27-11-8-16-17(20(27)29)4-5-18(23)19(16)21(30)26(3)15-6-9-22(24,25)10-7-15/h4-5,8,11,13,15H,6-7,9-10,12H2,1-3H3/t13-/m1/s1. The molecule has 6 nitrogen and oxygen atoms in total. The van der Waals surface area contributed by atoms with Gasteiger partial charge in [-0.3, -0.25) is 14.4 Å². The Morgan fingerprint density at radius 2 is 1.90 bits per heavy atom. The van der Waals surface area contributed by atoms with Crippen molar-refractivity contribution in [3.05, 3.63) is 45.3 Å². The molecule has 1 atom stereocenters. The molecule has 31 heavy (non-hydrogen) atoms. The molecule has 0 unspecified atom stereocenters. The van der Waals surface area contributed by atoms with E-state index in [9.17, 15) is 23.2 Å². The Bertz CT molecular complexity index is 1060. The maximum absolute atomic E-state index is 13.5. The van der Waals surface area contributed by atoms with Crippen LogP contribution in [0.1, 0.15) is 55.9 Å². The number of nitrogens with zero attached hydrogens (tertiary/aromatic N) is 2. The zero-order chi connectivity index (χ0) is 22.9. The zero-order valence-corrected chi connectivity index (χ0v) is 18.4. The van der Waals surface area contributed by atoms with Crippen LogP contribution in [0.3, 0.4) is 0 Å². The van der Waals surface area contributed by atoms with Gasteiger partial charge in [-0.2, -0.15) is 0 Å². The molecule has 9 heteroatoms. The first-order chi connectivity index (χ1) is 14.5. The monoisotopic (exact) mass is 454 g/mol. The van der Waals surface area contributed by atoms with E-state index in [4.69, 9.17) is 16.3 Å². The molecule has 2 aromatic rings. The lowest BCUT2D eigenvalue weighted by Crippen LogP contribution is -2.42. The Morgan fingerprint density at radius 1 is 1.26 bits per heavy atom. The van der Waals surface area contributed by atoms with E-state index in [-0.39, 0.29) is 54.5 Å². The number of ether oxygens (including phenoxy) is 1. The summed E-state index contributed by atoms with van der Waals surface area (Å²) in [6.45, 7) is 3.07. The Labute approximate surface area is 183 Å². The van der Waals surface area contributed by atoms with Crippen LogP contribution in [0.15, 0.2) is 29.2 Å². The normalized spacial score (nSPS) is 17.4. The third kappa shape index (κ3) is 4.89. The van der Waals surface area contributed by atoms with Gasteiger partial charge in [0.1, 0.15) is 6.61 Å². The van der Waals surface area contributed by atoms with Crippen LogP contribution in [0.2, 0.25) is 5.02 Å². The number of alkyl halides is 2. The highest BCUT2D eigenvalue weighted by Gasteiger charge is 2.37. The van der Waals surface area contributed by atoms with E-state index in [1.165, 1.54) is 28.7 Å². The number of rotatable bonds is 5. The topological polar surface area (TPSA) is 68.6 Å². The van der Waals surface area contributed by atoms with Gasteiger partial charge in [-0.25, -0.2) is 8.78 Å². The number of hydrogen-bond acceptors (Lipinski definition) is 4. The molecule has 1 saturated carbocycles. The first kappa shape index (κ1) is 23.2. The van der Waals surface area contributed by atoms with E-state index in [0.717, 1.165) is 0 Å². The molecule has 1 aromatic heterocycles. The Kier molecular flexibility index (Phi) is 6.69. The summed E-state index contributed by atoms with van der Waals surface area (Å²) < 4.78 is 33.4. The van der Waals surface area contributed by atoms with Crippen LogP contribution in [0.25, 0.3) is 10.8 Å². The number of carbonyl (C=O) groups is 2. The zero-order valence-electron chi connectivity index (χ0n) is 17.7. The van der Waals surface area contributed by atoms with Crippen LogP contribution in [0, 0.1) is 0 Å². The maximum Gasteiger partial charge on any atom is 0.302 e. The second kappa shape index (κ2) is 8.94. The molecular weight excluding hydrogens is 430 g/mol. The number of benzene rings is 1. The fraction of sp³-hybridized carbons (Fsp3) is 0.500. The molecule has 1 amide bonds. The van der Waals surface area contributed by atoms with E-state index in [1.54, 1.807) is 26.1 Å². The van der Waals surface area contributed by atoms with Gasteiger partial charge < -0.3 is 14.2 Å². The summed E-state index contributed by atoms with van der Waals surface area (Å²) in [5, 5.41) is 0.885. The Morgan fingerprint density at radius 3 is 2.52 bits per heavy atom. The molecule has 1 fully saturated rings. The minimum Gasteiger partial charge on any atom is -0.464 e. The van der Waals surface area contributed by atoms with Gasteiger partial charge in [-0.05, 0) is 38.0 Å². The quantitative estimate of drug-likeness (QED) is 0.627. The molecule has 1 heterocycles. The molecule has 0 spiro atoms. The van der Waals surface area contributed by atoms with E-state index in [1.807, 2.05) is 0 Å². The van der Waals surface area contributed by atoms with Crippen LogP contribution < -0.4 is 5.56 Å². The first-order valence-electron chi connectivity index (χ1n) is 10.1. The van der Waals surface area contributed by atoms with E-state index in [0.29, 0.717) is 10.8 Å². The number of hydrogen-bond donors (Lipinski definition) is 0. The number of amides is 1. The molecular formula is C22H25ClF2N2O4. The van der Waals surface area contributed by atoms with E-state index >= 15 is 0 Å². The summed E-state index contributed by atoms with van der Waals surface area (Å²) in [7, 11) is 1.58. The van der Waals surface area contributed by atoms with Crippen molar-refractivity contribution in [1.29, 1.82) is 0 Å². The van der Waals surface area contributed by atoms with Gasteiger partial charge in [0.25, 0.3) is 11.5 Å². The molecule has 0 N–H and O–H groups in total. The van der Waals surface area contributed by atoms with Gasteiger partial charge in [0.2, 0.25) is 5.92 Å². The average molecular weight is 455 g/mol. The van der Waals surface area contributed by atoms with Crippen molar-refractivity contribution < 1.29 is 23.1 Å². The fourth-order valence-electron chi connectivity index (χ4n) is 3.95. The van der Waals surface area contributed by atoms with Crippen molar-refractivity contribution in [2.24, 2.45) is 0 Å². The van der Waals surface area contributed by atoms with Crippen molar-refractivity contribution in [3.63, 3.8) is 0 Å². The van der Waals surface area contributed by atoms with Gasteiger partial charge in [-0.15, -0.1) is 0 Å². The second-order valence-electron chi connectivity index (χ2n) is 8.07. The number of aromatic nitrogens is 1. The summed E-state index contributed by atoms with van der Waals surface area (Å²) in [6.07, 6.45) is 1.43. The van der Waals surface area contributed by atoms with Crippen molar-refractivity contribution >= 4 is 34.2 Å². The Hall–Kier alpha value is -2.48. The molecule has 0 radical (unpaired) electrons. The summed E-state index contributed by atoms with van der Waals surface area (Å²) in [4.78, 5) is 38.8. The second-order valence-corrected chi connectivity index (χ2v) is 8.47. The first-order valence-corrected chi connectivity index (χ1v) is 10.5. The van der Waals surface area contributed by atoms with Crippen molar-refractivity contribution in [2.75, 3.05) is 13.7 Å². The van der Waals surface area contributed by atoms with Crippen LogP contribution in [-0.4, -0.2) is 47.0 Å². The maximum atomic E-state index is 13.5. The third-order valence-corrected chi connectivity index (χ3v) is 6.15. The van der Waals surface area contributed by atoms with Gasteiger partial charge in [-0.1, -0.05) is 11.6 Å². The average Bonchev–Trinajstić information content (AvgIpc) is 2.71. The number of halogens is 3. The molecule has 0 bridgehead atoms. The van der Waals surface area contributed by atoms with Gasteiger partial charge >= 0.3 is 5.97 Å². The van der Waals surface area contributed by atoms with Crippen LogP contribution in [0.5, 0.6) is 0 Å².